The molecule has 6 nitrogen and oxygen atoms in total. The van der Waals surface area contributed by atoms with Crippen LogP contribution in [0.5, 0.6) is 0 Å². The summed E-state index contributed by atoms with van der Waals surface area (Å²) in [7, 11) is 0. The normalized spacial score (nSPS) is 11.3. The Hall–Kier alpha value is -2.71. The van der Waals surface area contributed by atoms with E-state index in [2.05, 4.69) is 31.1 Å². The smallest absolute Gasteiger partial charge is 0.269 e. The molecule has 1 amide bonds. The Labute approximate surface area is 177 Å². The van der Waals surface area contributed by atoms with Gasteiger partial charge in [0.25, 0.3) is 5.69 Å². The van der Waals surface area contributed by atoms with Gasteiger partial charge in [0.05, 0.1) is 16.4 Å². The molecule has 0 radical (unpaired) electrons. The maximum absolute atomic E-state index is 12.2. The standard InChI is InChI=1S/C21H21N3O3S2/c1-21(2,3)18-12-28-20(23-18)29-13-19(25)22-16-8-4-14(5-9-16)15-6-10-17(11-7-15)24(26)27/h4-12H,13H2,1-3H3,(H,22,25). The number of carbonyl (C=O) groups is 1. The molecule has 0 spiro atoms. The van der Waals surface area contributed by atoms with Gasteiger partial charge in [-0.1, -0.05) is 44.7 Å². The third-order valence-electron chi connectivity index (χ3n) is 4.16. The monoisotopic (exact) mass is 427 g/mol. The molecular weight excluding hydrogens is 406 g/mol. The number of nitrogens with zero attached hydrogens (tertiary/aromatic N) is 2. The first-order valence-corrected chi connectivity index (χ1v) is 10.8. The first-order chi connectivity index (χ1) is 13.7. The van der Waals surface area contributed by atoms with Gasteiger partial charge in [0.15, 0.2) is 4.34 Å². The fourth-order valence-corrected chi connectivity index (χ4v) is 4.37. The predicted molar refractivity (Wildman–Crippen MR) is 119 cm³/mol. The van der Waals surface area contributed by atoms with E-state index in [-0.39, 0.29) is 17.0 Å². The lowest BCUT2D eigenvalue weighted by Gasteiger charge is -2.14. The number of aromatic nitrogens is 1. The summed E-state index contributed by atoms with van der Waals surface area (Å²) in [6.07, 6.45) is 0. The van der Waals surface area contributed by atoms with Crippen molar-refractivity contribution in [2.45, 2.75) is 30.5 Å². The largest absolute Gasteiger partial charge is 0.325 e. The number of non-ortho nitro benzene ring substituents is 1. The number of nitro benzene ring substituents is 1. The summed E-state index contributed by atoms with van der Waals surface area (Å²) >= 11 is 2.99. The van der Waals surface area contributed by atoms with Crippen LogP contribution in [0.15, 0.2) is 58.3 Å². The number of nitro groups is 1. The van der Waals surface area contributed by atoms with Crippen LogP contribution in [-0.2, 0) is 10.2 Å². The lowest BCUT2D eigenvalue weighted by atomic mass is 9.93. The molecule has 29 heavy (non-hydrogen) atoms. The van der Waals surface area contributed by atoms with E-state index in [9.17, 15) is 14.9 Å². The number of hydrogen-bond donors (Lipinski definition) is 1. The number of nitrogens with one attached hydrogen (secondary N) is 1. The van der Waals surface area contributed by atoms with Gasteiger partial charge in [-0.15, -0.1) is 11.3 Å². The Morgan fingerprint density at radius 3 is 2.21 bits per heavy atom. The van der Waals surface area contributed by atoms with Crippen LogP contribution in [0.2, 0.25) is 0 Å². The molecule has 0 aliphatic rings. The molecule has 3 aromatic rings. The molecule has 0 saturated heterocycles. The van der Waals surface area contributed by atoms with Crippen LogP contribution in [0.1, 0.15) is 26.5 Å². The molecular formula is C21H21N3O3S2. The first kappa shape index (κ1) is 21.0. The van der Waals surface area contributed by atoms with Crippen molar-refractivity contribution < 1.29 is 9.72 Å². The van der Waals surface area contributed by atoms with Crippen LogP contribution in [0.4, 0.5) is 11.4 Å². The van der Waals surface area contributed by atoms with Gasteiger partial charge in [-0.2, -0.15) is 0 Å². The summed E-state index contributed by atoms with van der Waals surface area (Å²) in [6, 6.07) is 13.8. The van der Waals surface area contributed by atoms with E-state index >= 15 is 0 Å². The number of anilines is 1. The molecule has 0 aliphatic heterocycles. The van der Waals surface area contributed by atoms with Crippen molar-refractivity contribution in [1.82, 2.24) is 4.98 Å². The maximum atomic E-state index is 12.2. The van der Waals surface area contributed by atoms with Crippen molar-refractivity contribution in [2.24, 2.45) is 0 Å². The Morgan fingerprint density at radius 2 is 1.69 bits per heavy atom. The predicted octanol–water partition coefficient (Wildman–Crippen LogP) is 5.75. The number of hydrogen-bond acceptors (Lipinski definition) is 6. The molecule has 150 valence electrons. The van der Waals surface area contributed by atoms with Crippen LogP contribution in [0.25, 0.3) is 11.1 Å². The summed E-state index contributed by atoms with van der Waals surface area (Å²) < 4.78 is 0.888. The summed E-state index contributed by atoms with van der Waals surface area (Å²) in [5, 5.41) is 15.7. The molecule has 0 bridgehead atoms. The van der Waals surface area contributed by atoms with E-state index in [1.165, 1.54) is 23.9 Å². The van der Waals surface area contributed by atoms with E-state index in [0.717, 1.165) is 21.2 Å². The van der Waals surface area contributed by atoms with Crippen LogP contribution in [0, 0.1) is 10.1 Å². The first-order valence-electron chi connectivity index (χ1n) is 8.96. The van der Waals surface area contributed by atoms with Crippen molar-refractivity contribution in [1.29, 1.82) is 0 Å². The van der Waals surface area contributed by atoms with E-state index in [0.29, 0.717) is 11.4 Å². The van der Waals surface area contributed by atoms with Crippen molar-refractivity contribution in [2.75, 3.05) is 11.1 Å². The molecule has 0 unspecified atom stereocenters. The van der Waals surface area contributed by atoms with Crippen molar-refractivity contribution in [3.05, 3.63) is 69.7 Å². The zero-order valence-corrected chi connectivity index (χ0v) is 18.0. The van der Waals surface area contributed by atoms with E-state index < -0.39 is 4.92 Å². The third-order valence-corrected chi connectivity index (χ3v) is 6.18. The van der Waals surface area contributed by atoms with Crippen LogP contribution >= 0.6 is 23.1 Å². The molecule has 0 fully saturated rings. The van der Waals surface area contributed by atoms with Crippen LogP contribution in [0.3, 0.4) is 0 Å². The summed E-state index contributed by atoms with van der Waals surface area (Å²) in [5.74, 6) is 0.201. The molecule has 2 aromatic carbocycles. The number of thioether (sulfide) groups is 1. The van der Waals surface area contributed by atoms with Gasteiger partial charge >= 0.3 is 0 Å². The Bertz CT molecular complexity index is 1010. The SMILES string of the molecule is CC(C)(C)c1csc(SCC(=O)Nc2ccc(-c3ccc([N+](=O)[O-])cc3)cc2)n1. The molecule has 1 N–H and O–H groups in total. The van der Waals surface area contributed by atoms with Crippen LogP contribution < -0.4 is 5.32 Å². The summed E-state index contributed by atoms with van der Waals surface area (Å²) in [5.41, 5.74) is 3.60. The summed E-state index contributed by atoms with van der Waals surface area (Å²) in [6.45, 7) is 6.34. The van der Waals surface area contributed by atoms with Crippen molar-refractivity contribution in [3.63, 3.8) is 0 Å². The minimum Gasteiger partial charge on any atom is -0.325 e. The van der Waals surface area contributed by atoms with Gasteiger partial charge < -0.3 is 5.32 Å². The van der Waals surface area contributed by atoms with Gasteiger partial charge in [-0.3, -0.25) is 14.9 Å². The lowest BCUT2D eigenvalue weighted by Crippen LogP contribution is -2.14. The van der Waals surface area contributed by atoms with E-state index in [1.54, 1.807) is 23.5 Å². The fraction of sp³-hybridized carbons (Fsp3) is 0.238. The van der Waals surface area contributed by atoms with Gasteiger partial charge in [0.1, 0.15) is 0 Å². The minimum atomic E-state index is -0.421. The zero-order valence-electron chi connectivity index (χ0n) is 16.3. The summed E-state index contributed by atoms with van der Waals surface area (Å²) in [4.78, 5) is 27.1. The highest BCUT2D eigenvalue weighted by Gasteiger charge is 2.18. The number of carbonyl (C=O) groups excluding carboxylic acids is 1. The number of thiazole rings is 1. The average Bonchev–Trinajstić information content (AvgIpc) is 3.17. The van der Waals surface area contributed by atoms with Gasteiger partial charge in [-0.25, -0.2) is 4.98 Å². The van der Waals surface area contributed by atoms with Crippen molar-refractivity contribution in [3.8, 4) is 11.1 Å². The number of benzene rings is 2. The second-order valence-electron chi connectivity index (χ2n) is 7.47. The molecule has 3 rings (SSSR count). The van der Waals surface area contributed by atoms with Crippen molar-refractivity contribution >= 4 is 40.4 Å². The number of amides is 1. The highest BCUT2D eigenvalue weighted by atomic mass is 32.2. The van der Waals surface area contributed by atoms with E-state index in [1.807, 2.05) is 29.6 Å². The maximum Gasteiger partial charge on any atom is 0.269 e. The van der Waals surface area contributed by atoms with Gasteiger partial charge in [0, 0.05) is 28.6 Å². The fourth-order valence-electron chi connectivity index (χ4n) is 2.51. The average molecular weight is 428 g/mol. The lowest BCUT2D eigenvalue weighted by molar-refractivity contribution is -0.384. The third kappa shape index (κ3) is 5.65. The number of rotatable bonds is 6. The Morgan fingerprint density at radius 1 is 1.10 bits per heavy atom. The van der Waals surface area contributed by atoms with Gasteiger partial charge in [0.2, 0.25) is 5.91 Å². The molecule has 0 aliphatic carbocycles. The zero-order chi connectivity index (χ0) is 21.0. The Kier molecular flexibility index (Phi) is 6.34. The highest BCUT2D eigenvalue weighted by molar-refractivity contribution is 8.01. The van der Waals surface area contributed by atoms with Crippen LogP contribution in [-0.4, -0.2) is 21.6 Å². The molecule has 0 saturated carbocycles. The van der Waals surface area contributed by atoms with E-state index in [4.69, 9.17) is 0 Å². The molecule has 1 heterocycles. The molecule has 0 atom stereocenters. The second kappa shape index (κ2) is 8.75. The quantitative estimate of drug-likeness (QED) is 0.308. The molecule has 8 heteroatoms. The highest BCUT2D eigenvalue weighted by Crippen LogP contribution is 2.29. The van der Waals surface area contributed by atoms with Gasteiger partial charge in [-0.05, 0) is 35.4 Å². The molecule has 1 aromatic heterocycles. The Balaban J connectivity index is 1.55. The topological polar surface area (TPSA) is 85.1 Å². The minimum absolute atomic E-state index is 0.00296. The second-order valence-corrected chi connectivity index (χ2v) is 9.55.